The highest BCUT2D eigenvalue weighted by atomic mass is 28.4. The minimum absolute atomic E-state index is 0.221. The molecule has 0 aromatic carbocycles. The molecule has 0 aromatic heterocycles. The molecule has 0 saturated heterocycles. The molecule has 3 nitrogen and oxygen atoms in total. The largest absolute Gasteiger partial charge is 0.460 e. The van der Waals surface area contributed by atoms with Crippen LogP contribution >= 0.6 is 0 Å². The molecule has 25 heavy (non-hydrogen) atoms. The van der Waals surface area contributed by atoms with Gasteiger partial charge >= 0.3 is 18.0 Å². The van der Waals surface area contributed by atoms with Crippen molar-refractivity contribution in [1.29, 1.82) is 0 Å². The predicted molar refractivity (Wildman–Crippen MR) is 81.4 cm³/mol. The van der Waals surface area contributed by atoms with Crippen LogP contribution in [0, 0.1) is 0 Å². The fraction of sp³-hybridized carbons (Fsp3) is 0.929. The summed E-state index contributed by atoms with van der Waals surface area (Å²) in [5.41, 5.74) is 0. The molecule has 0 aliphatic rings. The second-order valence-corrected chi connectivity index (χ2v) is 11.9. The summed E-state index contributed by atoms with van der Waals surface area (Å²) in [6, 6.07) is 0. The van der Waals surface area contributed by atoms with Gasteiger partial charge in [0.05, 0.1) is 6.61 Å². The van der Waals surface area contributed by atoms with Crippen LogP contribution in [0.1, 0.15) is 27.7 Å². The molecule has 0 saturated carbocycles. The Bertz CT molecular complexity index is 473. The number of carbonyl (C=O) groups is 1. The molecule has 0 N–H and O–H groups in total. The van der Waals surface area contributed by atoms with Crippen molar-refractivity contribution in [3.05, 3.63) is 0 Å². The number of amides is 1. The minimum Gasteiger partial charge on any atom is -0.415 e. The number of hydrogen-bond donors (Lipinski definition) is 0. The van der Waals surface area contributed by atoms with Crippen molar-refractivity contribution in [2.75, 3.05) is 19.7 Å². The standard InChI is InChI=1S/C14H24F7NO2Si/c1-7-22(8-9-24-25(5,6)11(2,3)4)10(23)12(15,16)13(17,18)14(19,20)21/h7-9H2,1-6H3. The van der Waals surface area contributed by atoms with Crippen molar-refractivity contribution in [1.82, 2.24) is 4.90 Å². The van der Waals surface area contributed by atoms with Gasteiger partial charge in [0.15, 0.2) is 8.32 Å². The molecule has 0 aliphatic heterocycles. The molecule has 0 spiro atoms. The van der Waals surface area contributed by atoms with Crippen molar-refractivity contribution in [2.45, 2.75) is 63.8 Å². The van der Waals surface area contributed by atoms with Gasteiger partial charge in [0.1, 0.15) is 0 Å². The molecular weight excluding hydrogens is 375 g/mol. The number of nitrogens with zero attached hydrogens (tertiary/aromatic N) is 1. The maximum atomic E-state index is 13.5. The minimum atomic E-state index is -6.54. The molecule has 0 atom stereocenters. The Balaban J connectivity index is 5.16. The number of rotatable bonds is 7. The first kappa shape index (κ1) is 24.2. The molecule has 0 rings (SSSR count). The predicted octanol–water partition coefficient (Wildman–Crippen LogP) is 4.69. The van der Waals surface area contributed by atoms with Gasteiger partial charge in [-0.1, -0.05) is 20.8 Å². The van der Waals surface area contributed by atoms with E-state index in [2.05, 4.69) is 0 Å². The molecular formula is C14H24F7NO2Si. The van der Waals surface area contributed by atoms with E-state index in [0.717, 1.165) is 0 Å². The van der Waals surface area contributed by atoms with Crippen molar-refractivity contribution in [2.24, 2.45) is 0 Å². The van der Waals surface area contributed by atoms with Crippen molar-refractivity contribution >= 4 is 14.2 Å². The van der Waals surface area contributed by atoms with Gasteiger partial charge in [-0.25, -0.2) is 0 Å². The van der Waals surface area contributed by atoms with E-state index in [9.17, 15) is 35.5 Å². The molecule has 0 bridgehead atoms. The fourth-order valence-corrected chi connectivity index (χ4v) is 2.58. The van der Waals surface area contributed by atoms with Crippen LogP contribution in [-0.2, 0) is 9.22 Å². The lowest BCUT2D eigenvalue weighted by molar-refractivity contribution is -0.345. The third-order valence-electron chi connectivity index (χ3n) is 4.32. The van der Waals surface area contributed by atoms with Crippen LogP contribution in [0.2, 0.25) is 18.1 Å². The first-order valence-electron chi connectivity index (χ1n) is 7.58. The van der Waals surface area contributed by atoms with E-state index in [0.29, 0.717) is 0 Å². The number of likely N-dealkylation sites (N-methyl/N-ethyl adjacent to an activating group) is 1. The second kappa shape index (κ2) is 7.41. The summed E-state index contributed by atoms with van der Waals surface area (Å²) in [5.74, 6) is -14.9. The number of alkyl halides is 7. The lowest BCUT2D eigenvalue weighted by Gasteiger charge is -2.37. The van der Waals surface area contributed by atoms with Gasteiger partial charge < -0.3 is 9.33 Å². The van der Waals surface area contributed by atoms with Crippen molar-refractivity contribution < 1.29 is 40.0 Å². The number of halogens is 7. The van der Waals surface area contributed by atoms with Gasteiger partial charge in [-0.05, 0) is 25.1 Å². The maximum absolute atomic E-state index is 13.5. The summed E-state index contributed by atoms with van der Waals surface area (Å²) in [4.78, 5) is 11.8. The third-order valence-corrected chi connectivity index (χ3v) is 8.86. The Kier molecular flexibility index (Phi) is 7.16. The summed E-state index contributed by atoms with van der Waals surface area (Å²) in [6.45, 7) is 9.40. The van der Waals surface area contributed by atoms with E-state index < -0.39 is 45.3 Å². The van der Waals surface area contributed by atoms with Crippen LogP contribution in [-0.4, -0.2) is 56.8 Å². The first-order chi connectivity index (χ1) is 10.8. The van der Waals surface area contributed by atoms with E-state index in [-0.39, 0.29) is 16.5 Å². The Hall–Kier alpha value is -0.843. The van der Waals surface area contributed by atoms with Crippen LogP contribution in [0.4, 0.5) is 30.7 Å². The van der Waals surface area contributed by atoms with E-state index in [1.54, 1.807) is 0 Å². The van der Waals surface area contributed by atoms with Gasteiger partial charge in [0.2, 0.25) is 0 Å². The summed E-state index contributed by atoms with van der Waals surface area (Å²) >= 11 is 0. The van der Waals surface area contributed by atoms with E-state index in [1.807, 2.05) is 33.9 Å². The van der Waals surface area contributed by atoms with Crippen LogP contribution < -0.4 is 0 Å². The smallest absolute Gasteiger partial charge is 0.415 e. The number of carbonyl (C=O) groups excluding carboxylic acids is 1. The molecule has 1 amide bonds. The Morgan fingerprint density at radius 1 is 1.00 bits per heavy atom. The normalized spacial score (nSPS) is 14.6. The van der Waals surface area contributed by atoms with Gasteiger partial charge in [0, 0.05) is 13.1 Å². The molecule has 11 heteroatoms. The fourth-order valence-electron chi connectivity index (χ4n) is 1.54. The molecule has 150 valence electrons. The van der Waals surface area contributed by atoms with E-state index >= 15 is 0 Å². The van der Waals surface area contributed by atoms with E-state index in [1.165, 1.54) is 6.92 Å². The summed E-state index contributed by atoms with van der Waals surface area (Å²) < 4.78 is 95.1. The average molecular weight is 399 g/mol. The highest BCUT2D eigenvalue weighted by Crippen LogP contribution is 2.47. The van der Waals surface area contributed by atoms with E-state index in [4.69, 9.17) is 4.43 Å². The van der Waals surface area contributed by atoms with Crippen molar-refractivity contribution in [3.63, 3.8) is 0 Å². The monoisotopic (exact) mass is 399 g/mol. The third kappa shape index (κ3) is 5.08. The zero-order valence-corrected chi connectivity index (χ0v) is 16.0. The Morgan fingerprint density at radius 3 is 1.76 bits per heavy atom. The topological polar surface area (TPSA) is 29.5 Å². The van der Waals surface area contributed by atoms with Crippen LogP contribution in [0.3, 0.4) is 0 Å². The highest BCUT2D eigenvalue weighted by Gasteiger charge is 2.76. The number of hydrogen-bond acceptors (Lipinski definition) is 2. The zero-order chi connectivity index (χ0) is 20.5. The molecule has 0 aromatic rings. The summed E-state index contributed by atoms with van der Waals surface area (Å²) in [6.07, 6.45) is -6.54. The SMILES string of the molecule is CCN(CCO[Si](C)(C)C(C)(C)C)C(=O)C(F)(F)C(F)(F)C(F)(F)F. The van der Waals surface area contributed by atoms with Crippen LogP contribution in [0.5, 0.6) is 0 Å². The quantitative estimate of drug-likeness (QED) is 0.459. The second-order valence-electron chi connectivity index (χ2n) is 7.14. The highest BCUT2D eigenvalue weighted by molar-refractivity contribution is 6.74. The van der Waals surface area contributed by atoms with Crippen LogP contribution in [0.25, 0.3) is 0 Å². The first-order valence-corrected chi connectivity index (χ1v) is 10.5. The van der Waals surface area contributed by atoms with Crippen LogP contribution in [0.15, 0.2) is 0 Å². The molecule has 0 radical (unpaired) electrons. The summed E-state index contributed by atoms with van der Waals surface area (Å²) in [7, 11) is -2.29. The molecule has 0 aliphatic carbocycles. The lowest BCUT2D eigenvalue weighted by Crippen LogP contribution is -2.60. The lowest BCUT2D eigenvalue weighted by atomic mass is 10.1. The molecule has 0 fully saturated rings. The van der Waals surface area contributed by atoms with Gasteiger partial charge in [-0.3, -0.25) is 4.79 Å². The van der Waals surface area contributed by atoms with Gasteiger partial charge in [0.25, 0.3) is 5.91 Å². The van der Waals surface area contributed by atoms with Crippen molar-refractivity contribution in [3.8, 4) is 0 Å². The average Bonchev–Trinajstić information content (AvgIpc) is 2.40. The Morgan fingerprint density at radius 2 is 1.44 bits per heavy atom. The molecule has 0 heterocycles. The van der Waals surface area contributed by atoms with Gasteiger partial charge in [-0.2, -0.15) is 30.7 Å². The summed E-state index contributed by atoms with van der Waals surface area (Å²) in [5, 5.41) is -0.221. The molecule has 0 unspecified atom stereocenters. The maximum Gasteiger partial charge on any atom is 0.460 e. The zero-order valence-electron chi connectivity index (χ0n) is 15.0. The van der Waals surface area contributed by atoms with Gasteiger partial charge in [-0.15, -0.1) is 0 Å². The Labute approximate surface area is 143 Å².